The predicted molar refractivity (Wildman–Crippen MR) is 186 cm³/mol. The molecule has 2 N–H and O–H groups in total. The number of morpholine rings is 1. The van der Waals surface area contributed by atoms with Crippen molar-refractivity contribution >= 4 is 46.1 Å². The Morgan fingerprint density at radius 3 is 2.35 bits per heavy atom. The number of anilines is 1. The van der Waals surface area contributed by atoms with E-state index >= 15 is 0 Å². The van der Waals surface area contributed by atoms with Crippen LogP contribution in [0, 0.1) is 9.49 Å². The van der Waals surface area contributed by atoms with Gasteiger partial charge in [-0.25, -0.2) is 0 Å². The summed E-state index contributed by atoms with van der Waals surface area (Å²) in [5, 5.41) is 12.6. The van der Waals surface area contributed by atoms with Gasteiger partial charge < -0.3 is 24.6 Å². The normalized spacial score (nSPS) is 25.9. The zero-order valence-electron chi connectivity index (χ0n) is 25.8. The molecule has 4 aromatic carbocycles. The standard InChI is InChI=1S/C38H33IN2O7/c1-2-19-47-35(43)30-32-36(44)48-33(24-12-7-4-8-13-24)31(23-10-5-3-6-11-23)41(32)34(25-14-9-15-27(21-25)46-20-18-42)38(30)28-22-26(39)16-17-29(28)40-37(38)45/h2-17,21-22,30-34,42H,1,18-20H2,(H,40,45)/t30?,31-,32-,33+,34+,38-/m1/s1. The van der Waals surface area contributed by atoms with E-state index in [1.54, 1.807) is 6.07 Å². The number of carbonyl (C=O) groups is 3. The monoisotopic (exact) mass is 756 g/mol. The summed E-state index contributed by atoms with van der Waals surface area (Å²) in [4.78, 5) is 45.9. The molecule has 3 heterocycles. The van der Waals surface area contributed by atoms with Crippen molar-refractivity contribution < 1.29 is 33.7 Å². The van der Waals surface area contributed by atoms with Crippen molar-refractivity contribution in [3.05, 3.63) is 142 Å². The zero-order chi connectivity index (χ0) is 33.4. The molecule has 6 atom stereocenters. The first kappa shape index (κ1) is 32.0. The van der Waals surface area contributed by atoms with Crippen LogP contribution in [0.1, 0.15) is 40.4 Å². The molecule has 4 aromatic rings. The molecule has 9 nitrogen and oxygen atoms in total. The third-order valence-electron chi connectivity index (χ3n) is 9.40. The molecule has 0 bridgehead atoms. The number of carbonyl (C=O) groups excluding carboxylic acids is 3. The lowest BCUT2D eigenvalue weighted by atomic mass is 9.65. The summed E-state index contributed by atoms with van der Waals surface area (Å²) in [6.07, 6.45) is 0.688. The second-order valence-electron chi connectivity index (χ2n) is 12.0. The number of cyclic esters (lactones) is 1. The molecule has 10 heteroatoms. The number of aliphatic hydroxyl groups excluding tert-OH is 1. The largest absolute Gasteiger partial charge is 0.491 e. The number of aliphatic hydroxyl groups is 1. The second kappa shape index (κ2) is 13.2. The van der Waals surface area contributed by atoms with Crippen LogP contribution in [0.5, 0.6) is 5.75 Å². The Morgan fingerprint density at radius 1 is 0.938 bits per heavy atom. The third-order valence-corrected chi connectivity index (χ3v) is 10.1. The number of hydrogen-bond acceptors (Lipinski definition) is 8. The molecule has 1 amide bonds. The smallest absolute Gasteiger partial charge is 0.325 e. The molecule has 48 heavy (non-hydrogen) atoms. The van der Waals surface area contributed by atoms with Gasteiger partial charge in [-0.2, -0.15) is 0 Å². The van der Waals surface area contributed by atoms with Gasteiger partial charge in [0.1, 0.15) is 42.4 Å². The minimum atomic E-state index is -1.62. The first-order chi connectivity index (χ1) is 23.4. The van der Waals surface area contributed by atoms with Crippen LogP contribution < -0.4 is 10.1 Å². The number of benzene rings is 4. The summed E-state index contributed by atoms with van der Waals surface area (Å²) in [7, 11) is 0. The number of nitrogens with zero attached hydrogens (tertiary/aromatic N) is 1. The Labute approximate surface area is 291 Å². The van der Waals surface area contributed by atoms with Gasteiger partial charge in [-0.15, -0.1) is 0 Å². The van der Waals surface area contributed by atoms with Crippen molar-refractivity contribution in [1.29, 1.82) is 0 Å². The van der Waals surface area contributed by atoms with E-state index in [1.165, 1.54) is 6.08 Å². The van der Waals surface area contributed by atoms with Crippen molar-refractivity contribution in [2.75, 3.05) is 25.1 Å². The van der Waals surface area contributed by atoms with Crippen molar-refractivity contribution in [2.45, 2.75) is 29.6 Å². The van der Waals surface area contributed by atoms with Crippen LogP contribution in [0.15, 0.2) is 116 Å². The average Bonchev–Trinajstić information content (AvgIpc) is 3.59. The third kappa shape index (κ3) is 5.19. The molecule has 2 saturated heterocycles. The average molecular weight is 757 g/mol. The van der Waals surface area contributed by atoms with Crippen molar-refractivity contribution in [1.82, 2.24) is 4.90 Å². The van der Waals surface area contributed by atoms with Crippen LogP contribution in [-0.4, -0.2) is 53.7 Å². The van der Waals surface area contributed by atoms with Crippen molar-refractivity contribution in [3.8, 4) is 5.75 Å². The van der Waals surface area contributed by atoms with Gasteiger partial charge in [-0.05, 0) is 75.2 Å². The zero-order valence-corrected chi connectivity index (χ0v) is 28.0. The van der Waals surface area contributed by atoms with Gasteiger partial charge in [0.05, 0.1) is 18.7 Å². The lowest BCUT2D eigenvalue weighted by Crippen LogP contribution is -2.52. The molecule has 1 unspecified atom stereocenters. The Bertz CT molecular complexity index is 1870. The van der Waals surface area contributed by atoms with Gasteiger partial charge in [-0.3, -0.25) is 19.3 Å². The van der Waals surface area contributed by atoms with E-state index in [0.717, 1.165) is 14.7 Å². The summed E-state index contributed by atoms with van der Waals surface area (Å²) in [6, 6.07) is 29.4. The molecule has 2 fully saturated rings. The first-order valence-electron chi connectivity index (χ1n) is 15.7. The Hall–Kier alpha value is -4.52. The SMILES string of the molecule is C=CCOC(=O)C1[C@@H]2C(=O)O[C@@H](c3ccccc3)[C@@H](c3ccccc3)N2[C@@H](c2cccc(OCCO)c2)[C@]12C(=O)Nc1ccc(I)cc12. The molecular weight excluding hydrogens is 723 g/mol. The summed E-state index contributed by atoms with van der Waals surface area (Å²) in [5.74, 6) is -2.57. The fourth-order valence-electron chi connectivity index (χ4n) is 7.70. The number of halogens is 1. The number of ether oxygens (including phenoxy) is 3. The van der Waals surface area contributed by atoms with E-state index < -0.39 is 53.4 Å². The maximum absolute atomic E-state index is 14.9. The lowest BCUT2D eigenvalue weighted by Gasteiger charge is -2.46. The second-order valence-corrected chi connectivity index (χ2v) is 13.2. The Morgan fingerprint density at radius 2 is 1.65 bits per heavy atom. The van der Waals surface area contributed by atoms with E-state index in [0.29, 0.717) is 22.6 Å². The van der Waals surface area contributed by atoms with E-state index in [4.69, 9.17) is 14.2 Å². The summed E-state index contributed by atoms with van der Waals surface area (Å²) >= 11 is 2.19. The van der Waals surface area contributed by atoms with Gasteiger partial charge in [-0.1, -0.05) is 85.5 Å². The molecule has 0 saturated carbocycles. The number of hydrogen-bond donors (Lipinski definition) is 2. The highest BCUT2D eigenvalue weighted by atomic mass is 127. The molecule has 3 aliphatic rings. The van der Waals surface area contributed by atoms with Crippen LogP contribution in [-0.2, 0) is 29.3 Å². The fourth-order valence-corrected chi connectivity index (χ4v) is 8.19. The quantitative estimate of drug-likeness (QED) is 0.128. The Balaban J connectivity index is 1.56. The number of amides is 1. The number of rotatable bonds is 9. The molecule has 0 aromatic heterocycles. The highest BCUT2D eigenvalue weighted by Crippen LogP contribution is 2.65. The maximum atomic E-state index is 14.9. The molecular formula is C38H33IN2O7. The lowest BCUT2D eigenvalue weighted by molar-refractivity contribution is -0.180. The molecule has 244 valence electrons. The molecule has 3 aliphatic heterocycles. The Kier molecular flexibility index (Phi) is 8.80. The highest BCUT2D eigenvalue weighted by Gasteiger charge is 2.74. The van der Waals surface area contributed by atoms with Gasteiger partial charge in [0.2, 0.25) is 5.91 Å². The molecule has 1 spiro atoms. The van der Waals surface area contributed by atoms with E-state index in [2.05, 4.69) is 34.5 Å². The van der Waals surface area contributed by atoms with Crippen molar-refractivity contribution in [3.63, 3.8) is 0 Å². The van der Waals surface area contributed by atoms with E-state index in [1.807, 2.05) is 102 Å². The summed E-state index contributed by atoms with van der Waals surface area (Å²) < 4.78 is 18.8. The van der Waals surface area contributed by atoms with Gasteiger partial charge in [0, 0.05) is 9.26 Å². The van der Waals surface area contributed by atoms with Crippen molar-refractivity contribution in [2.24, 2.45) is 5.92 Å². The molecule has 7 rings (SSSR count). The van der Waals surface area contributed by atoms with Gasteiger partial charge in [0.25, 0.3) is 0 Å². The predicted octanol–water partition coefficient (Wildman–Crippen LogP) is 5.66. The van der Waals surface area contributed by atoms with E-state index in [-0.39, 0.29) is 19.8 Å². The van der Waals surface area contributed by atoms with Gasteiger partial charge in [0.15, 0.2) is 0 Å². The van der Waals surface area contributed by atoms with Crippen LogP contribution in [0.25, 0.3) is 0 Å². The summed E-state index contributed by atoms with van der Waals surface area (Å²) in [5.41, 5.74) is 1.80. The minimum absolute atomic E-state index is 0.0681. The number of fused-ring (bicyclic) bond motifs is 3. The first-order valence-corrected chi connectivity index (χ1v) is 16.8. The number of nitrogens with one attached hydrogen (secondary N) is 1. The van der Waals surface area contributed by atoms with Crippen LogP contribution in [0.2, 0.25) is 0 Å². The molecule has 0 aliphatic carbocycles. The van der Waals surface area contributed by atoms with Gasteiger partial charge >= 0.3 is 11.9 Å². The highest BCUT2D eigenvalue weighted by molar-refractivity contribution is 14.1. The summed E-state index contributed by atoms with van der Waals surface area (Å²) in [6.45, 7) is 3.49. The maximum Gasteiger partial charge on any atom is 0.325 e. The van der Waals surface area contributed by atoms with Crippen LogP contribution >= 0.6 is 22.6 Å². The van der Waals surface area contributed by atoms with E-state index in [9.17, 15) is 19.5 Å². The van der Waals surface area contributed by atoms with Crippen LogP contribution in [0.4, 0.5) is 5.69 Å². The fraction of sp³-hybridized carbons (Fsp3) is 0.237. The minimum Gasteiger partial charge on any atom is -0.491 e. The topological polar surface area (TPSA) is 114 Å². The molecule has 0 radical (unpaired) electrons. The van der Waals surface area contributed by atoms with Crippen LogP contribution in [0.3, 0.4) is 0 Å². The number of esters is 2.